The van der Waals surface area contributed by atoms with Crippen molar-refractivity contribution in [2.45, 2.75) is 26.3 Å². The minimum absolute atomic E-state index is 0.105. The highest BCUT2D eigenvalue weighted by Crippen LogP contribution is 2.27. The Morgan fingerprint density at radius 3 is 2.68 bits per heavy atom. The van der Waals surface area contributed by atoms with E-state index in [-0.39, 0.29) is 11.1 Å². The number of benzene rings is 1. The number of furan rings is 1. The maximum absolute atomic E-state index is 13.2. The van der Waals surface area contributed by atoms with Crippen molar-refractivity contribution in [3.05, 3.63) is 58.3 Å². The van der Waals surface area contributed by atoms with Crippen molar-refractivity contribution in [1.82, 2.24) is 5.32 Å². The first kappa shape index (κ1) is 14.1. The Bertz CT molecular complexity index is 553. The number of halogens is 2. The lowest BCUT2D eigenvalue weighted by atomic mass is 10.0. The first-order chi connectivity index (χ1) is 9.11. The van der Waals surface area contributed by atoms with Crippen molar-refractivity contribution in [2.24, 2.45) is 0 Å². The van der Waals surface area contributed by atoms with Gasteiger partial charge in [-0.1, -0.05) is 24.6 Å². The summed E-state index contributed by atoms with van der Waals surface area (Å²) in [7, 11) is 0. The zero-order valence-electron chi connectivity index (χ0n) is 11.0. The molecule has 1 aromatic heterocycles. The maximum Gasteiger partial charge on any atom is 0.141 e. The number of hydrogen-bond acceptors (Lipinski definition) is 2. The first-order valence-corrected chi connectivity index (χ1v) is 6.74. The van der Waals surface area contributed by atoms with Crippen molar-refractivity contribution in [3.63, 3.8) is 0 Å². The summed E-state index contributed by atoms with van der Waals surface area (Å²) >= 11 is 5.85. The molecule has 1 N–H and O–H groups in total. The average molecular weight is 282 g/mol. The molecule has 2 rings (SSSR count). The van der Waals surface area contributed by atoms with Crippen molar-refractivity contribution >= 4 is 11.6 Å². The van der Waals surface area contributed by atoms with Crippen molar-refractivity contribution in [3.8, 4) is 0 Å². The molecule has 0 saturated heterocycles. The number of nitrogens with one attached hydrogen (secondary N) is 1. The lowest BCUT2D eigenvalue weighted by molar-refractivity contribution is 0.430. The van der Waals surface area contributed by atoms with Gasteiger partial charge >= 0.3 is 0 Å². The molecule has 1 atom stereocenters. The van der Waals surface area contributed by atoms with Crippen LogP contribution in [0, 0.1) is 12.7 Å². The van der Waals surface area contributed by atoms with Crippen LogP contribution < -0.4 is 5.32 Å². The molecule has 1 unspecified atom stereocenters. The molecule has 0 radical (unpaired) electrons. The van der Waals surface area contributed by atoms with Gasteiger partial charge in [-0.25, -0.2) is 4.39 Å². The fourth-order valence-electron chi connectivity index (χ4n) is 1.97. The first-order valence-electron chi connectivity index (χ1n) is 6.36. The van der Waals surface area contributed by atoms with Gasteiger partial charge in [-0.15, -0.1) is 0 Å². The Labute approximate surface area is 117 Å². The highest BCUT2D eigenvalue weighted by atomic mass is 35.5. The van der Waals surface area contributed by atoms with E-state index in [0.29, 0.717) is 0 Å². The second-order valence-electron chi connectivity index (χ2n) is 4.51. The van der Waals surface area contributed by atoms with E-state index in [1.807, 2.05) is 19.1 Å². The van der Waals surface area contributed by atoms with Crippen LogP contribution in [0.3, 0.4) is 0 Å². The standard InChI is InChI=1S/C15H17ClFNO/c1-3-8-18-15(14-7-4-10(2)19-14)11-5-6-13(17)12(16)9-11/h4-7,9,15,18H,3,8H2,1-2H3. The normalized spacial score (nSPS) is 12.6. The molecule has 1 heterocycles. The van der Waals surface area contributed by atoms with Gasteiger partial charge in [0.1, 0.15) is 17.3 Å². The van der Waals surface area contributed by atoms with Crippen molar-refractivity contribution in [2.75, 3.05) is 6.54 Å². The molecule has 0 spiro atoms. The fourth-order valence-corrected chi connectivity index (χ4v) is 2.16. The summed E-state index contributed by atoms with van der Waals surface area (Å²) in [6.07, 6.45) is 1.01. The highest BCUT2D eigenvalue weighted by Gasteiger charge is 2.17. The minimum atomic E-state index is -0.407. The summed E-state index contributed by atoms with van der Waals surface area (Å²) in [5, 5.41) is 3.52. The third-order valence-electron chi connectivity index (χ3n) is 2.92. The van der Waals surface area contributed by atoms with Gasteiger partial charge in [0.2, 0.25) is 0 Å². The topological polar surface area (TPSA) is 25.2 Å². The Hall–Kier alpha value is -1.32. The predicted molar refractivity (Wildman–Crippen MR) is 75.0 cm³/mol. The van der Waals surface area contributed by atoms with Gasteiger partial charge < -0.3 is 9.73 Å². The molecule has 0 saturated carbocycles. The van der Waals surface area contributed by atoms with E-state index in [1.165, 1.54) is 6.07 Å². The van der Waals surface area contributed by atoms with E-state index in [4.69, 9.17) is 16.0 Å². The smallest absolute Gasteiger partial charge is 0.141 e. The SMILES string of the molecule is CCCNC(c1ccc(F)c(Cl)c1)c1ccc(C)o1. The molecular formula is C15H17ClFNO. The molecule has 0 bridgehead atoms. The molecule has 102 valence electrons. The summed E-state index contributed by atoms with van der Waals surface area (Å²) in [6.45, 7) is 4.84. The molecule has 19 heavy (non-hydrogen) atoms. The third kappa shape index (κ3) is 3.37. The van der Waals surface area contributed by atoms with E-state index in [2.05, 4.69) is 12.2 Å². The van der Waals surface area contributed by atoms with Crippen LogP contribution in [0.5, 0.6) is 0 Å². The molecule has 4 heteroatoms. The van der Waals surface area contributed by atoms with E-state index in [0.717, 1.165) is 30.0 Å². The maximum atomic E-state index is 13.2. The van der Waals surface area contributed by atoms with E-state index in [9.17, 15) is 4.39 Å². The number of rotatable bonds is 5. The Morgan fingerprint density at radius 1 is 1.32 bits per heavy atom. The van der Waals surface area contributed by atoms with Crippen molar-refractivity contribution < 1.29 is 8.81 Å². The molecule has 0 aliphatic carbocycles. The Kier molecular flexibility index (Phi) is 4.61. The molecule has 2 aromatic rings. The van der Waals surface area contributed by atoms with Crippen LogP contribution in [-0.4, -0.2) is 6.54 Å². The van der Waals surface area contributed by atoms with E-state index < -0.39 is 5.82 Å². The van der Waals surface area contributed by atoms with Gasteiger partial charge in [-0.05, 0) is 49.7 Å². The van der Waals surface area contributed by atoms with Gasteiger partial charge in [0.05, 0.1) is 11.1 Å². The summed E-state index contributed by atoms with van der Waals surface area (Å²) in [5.41, 5.74) is 0.897. The summed E-state index contributed by atoms with van der Waals surface area (Å²) < 4.78 is 18.9. The van der Waals surface area contributed by atoms with Crippen LogP contribution >= 0.6 is 11.6 Å². The second kappa shape index (κ2) is 6.22. The lowest BCUT2D eigenvalue weighted by Gasteiger charge is -2.17. The van der Waals surface area contributed by atoms with Crippen LogP contribution in [0.25, 0.3) is 0 Å². The van der Waals surface area contributed by atoms with Crippen LogP contribution in [0.4, 0.5) is 4.39 Å². The lowest BCUT2D eigenvalue weighted by Crippen LogP contribution is -2.22. The van der Waals surface area contributed by atoms with E-state index >= 15 is 0 Å². The van der Waals surface area contributed by atoms with Gasteiger partial charge in [0.25, 0.3) is 0 Å². The van der Waals surface area contributed by atoms with Gasteiger partial charge in [0.15, 0.2) is 0 Å². The van der Waals surface area contributed by atoms with E-state index in [1.54, 1.807) is 12.1 Å². The molecule has 1 aromatic carbocycles. The fraction of sp³-hybridized carbons (Fsp3) is 0.333. The molecule has 0 fully saturated rings. The zero-order valence-corrected chi connectivity index (χ0v) is 11.8. The zero-order chi connectivity index (χ0) is 13.8. The monoisotopic (exact) mass is 281 g/mol. The molecule has 0 amide bonds. The van der Waals surface area contributed by atoms with Crippen LogP contribution in [0.15, 0.2) is 34.7 Å². The average Bonchev–Trinajstić information content (AvgIpc) is 2.80. The Morgan fingerprint density at radius 2 is 2.11 bits per heavy atom. The number of hydrogen-bond donors (Lipinski definition) is 1. The van der Waals surface area contributed by atoms with Crippen LogP contribution in [0.2, 0.25) is 5.02 Å². The third-order valence-corrected chi connectivity index (χ3v) is 3.21. The Balaban J connectivity index is 2.33. The van der Waals surface area contributed by atoms with Crippen LogP contribution in [0.1, 0.15) is 36.5 Å². The molecular weight excluding hydrogens is 265 g/mol. The summed E-state index contributed by atoms with van der Waals surface area (Å²) in [4.78, 5) is 0. The second-order valence-corrected chi connectivity index (χ2v) is 4.92. The van der Waals surface area contributed by atoms with Crippen LogP contribution in [-0.2, 0) is 0 Å². The minimum Gasteiger partial charge on any atom is -0.464 e. The predicted octanol–water partition coefficient (Wildman–Crippen LogP) is 4.47. The summed E-state index contributed by atoms with van der Waals surface area (Å²) in [5.74, 6) is 1.26. The van der Waals surface area contributed by atoms with Gasteiger partial charge in [-0.2, -0.15) is 0 Å². The molecule has 2 nitrogen and oxygen atoms in total. The quantitative estimate of drug-likeness (QED) is 0.875. The number of aryl methyl sites for hydroxylation is 1. The van der Waals surface area contributed by atoms with Gasteiger partial charge in [0, 0.05) is 0 Å². The molecule has 0 aliphatic rings. The van der Waals surface area contributed by atoms with Gasteiger partial charge in [-0.3, -0.25) is 0 Å². The van der Waals surface area contributed by atoms with Crippen molar-refractivity contribution in [1.29, 1.82) is 0 Å². The summed E-state index contributed by atoms with van der Waals surface area (Å²) in [6, 6.07) is 8.50. The highest BCUT2D eigenvalue weighted by molar-refractivity contribution is 6.30. The molecule has 0 aliphatic heterocycles. The largest absolute Gasteiger partial charge is 0.464 e.